The van der Waals surface area contributed by atoms with E-state index in [1.54, 1.807) is 4.90 Å². The van der Waals surface area contributed by atoms with Crippen LogP contribution in [0.3, 0.4) is 0 Å². The summed E-state index contributed by atoms with van der Waals surface area (Å²) < 4.78 is 18.3. The molecule has 0 aromatic rings. The fraction of sp³-hybridized carbons (Fsp3) is 0.846. The fourth-order valence-electron chi connectivity index (χ4n) is 2.12. The van der Waals surface area contributed by atoms with Gasteiger partial charge in [0.25, 0.3) is 0 Å². The fourth-order valence-corrected chi connectivity index (χ4v) is 2.12. The molecule has 1 fully saturated rings. The van der Waals surface area contributed by atoms with E-state index < -0.39 is 11.8 Å². The number of halogens is 1. The molecule has 0 radical (unpaired) electrons. The van der Waals surface area contributed by atoms with E-state index in [9.17, 15) is 14.0 Å². The number of carbonyl (C=O) groups is 2. The summed E-state index contributed by atoms with van der Waals surface area (Å²) in [6.45, 7) is 6.57. The smallest absolute Gasteiger partial charge is 0.410 e. The molecule has 1 aliphatic rings. The van der Waals surface area contributed by atoms with Gasteiger partial charge in [0.1, 0.15) is 5.60 Å². The zero-order valence-electron chi connectivity index (χ0n) is 11.3. The van der Waals surface area contributed by atoms with Crippen molar-refractivity contribution in [2.75, 3.05) is 13.1 Å². The molecule has 0 N–H and O–H groups in total. The molecule has 5 heteroatoms. The molecule has 2 unspecified atom stereocenters. The number of piperidine rings is 1. The van der Waals surface area contributed by atoms with Crippen molar-refractivity contribution in [2.45, 2.75) is 51.8 Å². The van der Waals surface area contributed by atoms with Gasteiger partial charge in [0, 0.05) is 13.1 Å². The van der Waals surface area contributed by atoms with E-state index in [4.69, 9.17) is 4.74 Å². The van der Waals surface area contributed by atoms with E-state index in [0.717, 1.165) is 12.8 Å². The first-order chi connectivity index (χ1) is 8.31. The third kappa shape index (κ3) is 5.02. The van der Waals surface area contributed by atoms with Crippen LogP contribution >= 0.6 is 0 Å². The van der Waals surface area contributed by atoms with Gasteiger partial charge in [-0.05, 0) is 46.0 Å². The monoisotopic (exact) mass is 259 g/mol. The molecule has 1 saturated heterocycles. The van der Waals surface area contributed by atoms with Crippen molar-refractivity contribution in [1.29, 1.82) is 0 Å². The summed E-state index contributed by atoms with van der Waals surface area (Å²) in [5.74, 6) is 0.0477. The minimum Gasteiger partial charge on any atom is -0.444 e. The van der Waals surface area contributed by atoms with Gasteiger partial charge in [0.05, 0.1) is 0 Å². The molecule has 0 bridgehead atoms. The van der Waals surface area contributed by atoms with Crippen LogP contribution in [-0.2, 0) is 9.53 Å². The lowest BCUT2D eigenvalue weighted by Gasteiger charge is -2.34. The standard InChI is InChI=1S/C13H22FNO3/c1-13(2,3)18-12(17)15-6-4-5-10(8-15)7-11(14)9-16/h9-11H,4-8H2,1-3H3. The summed E-state index contributed by atoms with van der Waals surface area (Å²) >= 11 is 0. The summed E-state index contributed by atoms with van der Waals surface area (Å²) in [7, 11) is 0. The van der Waals surface area contributed by atoms with Gasteiger partial charge >= 0.3 is 6.09 Å². The maximum atomic E-state index is 13.0. The van der Waals surface area contributed by atoms with Gasteiger partial charge < -0.3 is 14.4 Å². The number of rotatable bonds is 3. The van der Waals surface area contributed by atoms with Crippen LogP contribution in [0.25, 0.3) is 0 Å². The lowest BCUT2D eigenvalue weighted by molar-refractivity contribution is -0.112. The number of ether oxygens (including phenoxy) is 1. The van der Waals surface area contributed by atoms with Crippen molar-refractivity contribution in [2.24, 2.45) is 5.92 Å². The number of hydrogen-bond acceptors (Lipinski definition) is 3. The minimum atomic E-state index is -1.42. The van der Waals surface area contributed by atoms with E-state index in [1.165, 1.54) is 0 Å². The van der Waals surface area contributed by atoms with Gasteiger partial charge in [0.15, 0.2) is 12.5 Å². The van der Waals surface area contributed by atoms with Gasteiger partial charge in [-0.25, -0.2) is 9.18 Å². The topological polar surface area (TPSA) is 46.6 Å². The first-order valence-corrected chi connectivity index (χ1v) is 6.39. The number of nitrogens with zero attached hydrogens (tertiary/aromatic N) is 1. The first-order valence-electron chi connectivity index (χ1n) is 6.39. The first kappa shape index (κ1) is 14.9. The summed E-state index contributed by atoms with van der Waals surface area (Å²) in [5.41, 5.74) is -0.518. The largest absolute Gasteiger partial charge is 0.444 e. The number of aldehydes is 1. The van der Waals surface area contributed by atoms with E-state index >= 15 is 0 Å². The second-order valence-corrected chi connectivity index (χ2v) is 5.82. The van der Waals surface area contributed by atoms with E-state index in [0.29, 0.717) is 19.4 Å². The van der Waals surface area contributed by atoms with Crippen LogP contribution in [0.2, 0.25) is 0 Å². The molecule has 0 saturated carbocycles. The van der Waals surface area contributed by atoms with Crippen LogP contribution < -0.4 is 0 Å². The number of carbonyl (C=O) groups excluding carboxylic acids is 2. The highest BCUT2D eigenvalue weighted by Gasteiger charge is 2.28. The number of hydrogen-bond donors (Lipinski definition) is 0. The second kappa shape index (κ2) is 6.16. The van der Waals surface area contributed by atoms with Gasteiger partial charge in [-0.2, -0.15) is 0 Å². The highest BCUT2D eigenvalue weighted by Crippen LogP contribution is 2.23. The molecule has 18 heavy (non-hydrogen) atoms. The SMILES string of the molecule is CC(C)(C)OC(=O)N1CCCC(CC(F)C=O)C1. The van der Waals surface area contributed by atoms with E-state index in [1.807, 2.05) is 20.8 Å². The highest BCUT2D eigenvalue weighted by atomic mass is 19.1. The Morgan fingerprint density at radius 1 is 1.56 bits per heavy atom. The van der Waals surface area contributed by atoms with Crippen molar-refractivity contribution in [3.05, 3.63) is 0 Å². The van der Waals surface area contributed by atoms with Crippen LogP contribution in [0.4, 0.5) is 9.18 Å². The molecule has 0 spiro atoms. The van der Waals surface area contributed by atoms with Crippen molar-refractivity contribution in [1.82, 2.24) is 4.90 Å². The van der Waals surface area contributed by atoms with Gasteiger partial charge in [-0.3, -0.25) is 0 Å². The molecule has 1 aliphatic heterocycles. The third-order valence-corrected chi connectivity index (χ3v) is 2.88. The van der Waals surface area contributed by atoms with Crippen LogP contribution in [0.1, 0.15) is 40.0 Å². The van der Waals surface area contributed by atoms with Crippen LogP contribution in [0.5, 0.6) is 0 Å². The number of amides is 1. The minimum absolute atomic E-state index is 0.0477. The predicted molar refractivity (Wildman–Crippen MR) is 66.1 cm³/mol. The molecule has 0 aromatic heterocycles. The average molecular weight is 259 g/mol. The summed E-state index contributed by atoms with van der Waals surface area (Å²) in [6, 6.07) is 0. The maximum Gasteiger partial charge on any atom is 0.410 e. The lowest BCUT2D eigenvalue weighted by Crippen LogP contribution is -2.43. The molecule has 1 rings (SSSR count). The van der Waals surface area contributed by atoms with Crippen LogP contribution in [0, 0.1) is 5.92 Å². The molecule has 1 heterocycles. The average Bonchev–Trinajstić information content (AvgIpc) is 2.27. The van der Waals surface area contributed by atoms with E-state index in [2.05, 4.69) is 0 Å². The molecule has 104 valence electrons. The summed E-state index contributed by atoms with van der Waals surface area (Å²) in [6.07, 6.45) is 0.431. The predicted octanol–water partition coefficient (Wildman–Crippen LogP) is 2.56. The molecular weight excluding hydrogens is 237 g/mol. The highest BCUT2D eigenvalue weighted by molar-refractivity contribution is 5.68. The number of likely N-dealkylation sites (tertiary alicyclic amines) is 1. The van der Waals surface area contributed by atoms with E-state index in [-0.39, 0.29) is 18.4 Å². The Morgan fingerprint density at radius 2 is 2.22 bits per heavy atom. The van der Waals surface area contributed by atoms with Crippen LogP contribution in [-0.4, -0.2) is 42.1 Å². The van der Waals surface area contributed by atoms with Crippen LogP contribution in [0.15, 0.2) is 0 Å². The Bertz CT molecular complexity index is 301. The lowest BCUT2D eigenvalue weighted by atomic mass is 9.93. The zero-order valence-corrected chi connectivity index (χ0v) is 11.3. The molecule has 0 aliphatic carbocycles. The maximum absolute atomic E-state index is 13.0. The normalized spacial score (nSPS) is 22.4. The van der Waals surface area contributed by atoms with Crippen molar-refractivity contribution < 1.29 is 18.7 Å². The van der Waals surface area contributed by atoms with Crippen molar-refractivity contribution in [3.8, 4) is 0 Å². The number of alkyl halides is 1. The Labute approximate surface area is 107 Å². The quantitative estimate of drug-likeness (QED) is 0.732. The second-order valence-electron chi connectivity index (χ2n) is 5.82. The molecule has 0 aromatic carbocycles. The van der Waals surface area contributed by atoms with Crippen molar-refractivity contribution in [3.63, 3.8) is 0 Å². The Hall–Kier alpha value is -1.13. The van der Waals surface area contributed by atoms with Gasteiger partial charge in [-0.15, -0.1) is 0 Å². The zero-order chi connectivity index (χ0) is 13.8. The molecular formula is C13H22FNO3. The molecule has 2 atom stereocenters. The molecule has 1 amide bonds. The van der Waals surface area contributed by atoms with Gasteiger partial charge in [0.2, 0.25) is 0 Å². The molecule has 4 nitrogen and oxygen atoms in total. The van der Waals surface area contributed by atoms with Crippen molar-refractivity contribution >= 4 is 12.4 Å². The Balaban J connectivity index is 2.48. The van der Waals surface area contributed by atoms with Gasteiger partial charge in [-0.1, -0.05) is 0 Å². The Kier molecular flexibility index (Phi) is 5.11. The summed E-state index contributed by atoms with van der Waals surface area (Å²) in [5, 5.41) is 0. The Morgan fingerprint density at radius 3 is 2.78 bits per heavy atom. The summed E-state index contributed by atoms with van der Waals surface area (Å²) in [4.78, 5) is 23.8. The third-order valence-electron chi connectivity index (χ3n) is 2.88.